The Balaban J connectivity index is 0.879. The van der Waals surface area contributed by atoms with Crippen molar-refractivity contribution in [2.45, 2.75) is 133 Å². The minimum absolute atomic E-state index is 0.0219. The SMILES string of the molecule is O=C(CF)OC12CC3CC(C1)C1(OC(COC(=O)C45CC6CC(CC(C6)C4)C5)C(COC(=O)C45CC6CC(CC(C6)C4)C5)O1)C(C3)C2. The average molecular weight is 655 g/mol. The first kappa shape index (κ1) is 30.1. The highest BCUT2D eigenvalue weighted by Crippen LogP contribution is 2.65. The summed E-state index contributed by atoms with van der Waals surface area (Å²) in [6.45, 7) is -0.937. The average Bonchev–Trinajstić information content (AvgIpc) is 3.38. The third kappa shape index (κ3) is 4.66. The van der Waals surface area contributed by atoms with Gasteiger partial charge in [0.05, 0.1) is 10.8 Å². The minimum Gasteiger partial charge on any atom is -0.462 e. The van der Waals surface area contributed by atoms with Gasteiger partial charge < -0.3 is 23.7 Å². The van der Waals surface area contributed by atoms with Crippen LogP contribution in [-0.4, -0.2) is 61.4 Å². The van der Waals surface area contributed by atoms with Crippen molar-refractivity contribution in [3.8, 4) is 0 Å². The van der Waals surface area contributed by atoms with E-state index in [1.54, 1.807) is 0 Å². The standard InChI is InChI=1S/C38H51FO8/c39-18-32(40)47-37-15-27-7-28(16-37)38(29(8-27)17-37)45-30(19-43-33(41)35-9-21-1-22(10-35)3-23(2-21)11-35)31(46-38)20-44-34(42)36-12-24-4-25(13-36)6-26(5-24)14-36/h21-31H,1-20H2. The summed E-state index contributed by atoms with van der Waals surface area (Å²) in [5.74, 6) is 2.35. The second-order valence-electron chi connectivity index (χ2n) is 18.8. The van der Waals surface area contributed by atoms with Crippen molar-refractivity contribution >= 4 is 17.9 Å². The van der Waals surface area contributed by atoms with Gasteiger partial charge in [0.25, 0.3) is 0 Å². The van der Waals surface area contributed by atoms with Crippen molar-refractivity contribution in [2.24, 2.45) is 64.1 Å². The van der Waals surface area contributed by atoms with Gasteiger partial charge in [-0.3, -0.25) is 9.59 Å². The highest BCUT2D eigenvalue weighted by atomic mass is 19.1. The third-order valence-electron chi connectivity index (χ3n) is 15.5. The van der Waals surface area contributed by atoms with E-state index in [1.807, 2.05) is 0 Å². The van der Waals surface area contributed by atoms with Crippen molar-refractivity contribution < 1.29 is 42.5 Å². The normalized spacial score (nSPS) is 53.9. The molecule has 4 unspecified atom stereocenters. The zero-order valence-corrected chi connectivity index (χ0v) is 27.6. The molecular formula is C38H51FO8. The Kier molecular flexibility index (Phi) is 6.66. The molecule has 1 heterocycles. The number of hydrogen-bond donors (Lipinski definition) is 0. The molecule has 258 valence electrons. The minimum atomic E-state index is -1.12. The summed E-state index contributed by atoms with van der Waals surface area (Å²) < 4.78 is 45.4. The Bertz CT molecular complexity index is 1190. The topological polar surface area (TPSA) is 97.4 Å². The lowest BCUT2D eigenvalue weighted by Gasteiger charge is -2.62. The van der Waals surface area contributed by atoms with Gasteiger partial charge in [0.15, 0.2) is 12.5 Å². The lowest BCUT2D eigenvalue weighted by molar-refractivity contribution is -0.325. The monoisotopic (exact) mass is 654 g/mol. The van der Waals surface area contributed by atoms with Crippen LogP contribution in [0.4, 0.5) is 4.39 Å². The molecule has 12 saturated carbocycles. The summed E-state index contributed by atoms with van der Waals surface area (Å²) in [4.78, 5) is 39.9. The Labute approximate surface area is 276 Å². The number of ether oxygens (including phenoxy) is 5. The van der Waals surface area contributed by atoms with Gasteiger partial charge in [0.1, 0.15) is 31.0 Å². The van der Waals surface area contributed by atoms with Gasteiger partial charge in [-0.05, 0) is 151 Å². The fourth-order valence-electron chi connectivity index (χ4n) is 14.9. The van der Waals surface area contributed by atoms with E-state index < -0.39 is 36.2 Å². The van der Waals surface area contributed by atoms with E-state index in [2.05, 4.69) is 0 Å². The van der Waals surface area contributed by atoms with Gasteiger partial charge in [-0.2, -0.15) is 0 Å². The molecule has 4 atom stereocenters. The second kappa shape index (κ2) is 10.4. The second-order valence-corrected chi connectivity index (χ2v) is 18.8. The highest BCUT2D eigenvalue weighted by Gasteiger charge is 2.69. The summed E-state index contributed by atoms with van der Waals surface area (Å²) in [5, 5.41) is 0. The quantitative estimate of drug-likeness (QED) is 0.230. The maximum atomic E-state index is 13.9. The predicted octanol–water partition coefficient (Wildman–Crippen LogP) is 6.08. The lowest BCUT2D eigenvalue weighted by atomic mass is 9.49. The van der Waals surface area contributed by atoms with Crippen molar-refractivity contribution in [1.29, 1.82) is 0 Å². The van der Waals surface area contributed by atoms with Gasteiger partial charge >= 0.3 is 17.9 Å². The van der Waals surface area contributed by atoms with Crippen LogP contribution in [0.2, 0.25) is 0 Å². The number of carbonyl (C=O) groups excluding carboxylic acids is 3. The molecule has 12 bridgehead atoms. The molecule has 12 aliphatic carbocycles. The molecule has 0 aromatic rings. The highest BCUT2D eigenvalue weighted by molar-refractivity contribution is 5.78. The molecule has 0 N–H and O–H groups in total. The van der Waals surface area contributed by atoms with Gasteiger partial charge in [0.2, 0.25) is 0 Å². The lowest BCUT2D eigenvalue weighted by Crippen LogP contribution is -2.65. The van der Waals surface area contributed by atoms with Crippen molar-refractivity contribution in [3.05, 3.63) is 0 Å². The molecule has 13 rings (SSSR count). The number of carbonyl (C=O) groups is 3. The summed E-state index contributed by atoms with van der Waals surface area (Å²) in [7, 11) is 0. The maximum Gasteiger partial charge on any atom is 0.338 e. The molecule has 0 radical (unpaired) electrons. The van der Waals surface area contributed by atoms with Crippen LogP contribution in [0.15, 0.2) is 0 Å². The third-order valence-corrected chi connectivity index (χ3v) is 15.5. The maximum absolute atomic E-state index is 13.9. The molecule has 1 saturated heterocycles. The predicted molar refractivity (Wildman–Crippen MR) is 164 cm³/mol. The van der Waals surface area contributed by atoms with Crippen molar-refractivity contribution in [2.75, 3.05) is 19.9 Å². The number of hydrogen-bond acceptors (Lipinski definition) is 8. The summed E-state index contributed by atoms with van der Waals surface area (Å²) in [6, 6.07) is 0. The molecule has 13 aliphatic rings. The van der Waals surface area contributed by atoms with Gasteiger partial charge in [-0.15, -0.1) is 0 Å². The van der Waals surface area contributed by atoms with Crippen LogP contribution in [0.5, 0.6) is 0 Å². The van der Waals surface area contributed by atoms with Crippen LogP contribution in [0.25, 0.3) is 0 Å². The summed E-state index contributed by atoms with van der Waals surface area (Å²) in [5.41, 5.74) is -1.38. The molecule has 47 heavy (non-hydrogen) atoms. The fraction of sp³-hybridized carbons (Fsp3) is 0.921. The van der Waals surface area contributed by atoms with E-state index in [-0.39, 0.29) is 47.8 Å². The smallest absolute Gasteiger partial charge is 0.338 e. The first-order chi connectivity index (χ1) is 22.6. The summed E-state index contributed by atoms with van der Waals surface area (Å²) in [6.07, 6.45) is 15.9. The molecule has 0 amide bonds. The van der Waals surface area contributed by atoms with Crippen LogP contribution >= 0.6 is 0 Å². The van der Waals surface area contributed by atoms with Gasteiger partial charge in [-0.25, -0.2) is 9.18 Å². The fourth-order valence-corrected chi connectivity index (χ4v) is 14.9. The molecule has 8 nitrogen and oxygen atoms in total. The van der Waals surface area contributed by atoms with Gasteiger partial charge in [0, 0.05) is 11.8 Å². The van der Waals surface area contributed by atoms with E-state index in [0.717, 1.165) is 57.8 Å². The molecule has 0 aromatic heterocycles. The van der Waals surface area contributed by atoms with E-state index in [0.29, 0.717) is 54.3 Å². The molecular weight excluding hydrogens is 603 g/mol. The van der Waals surface area contributed by atoms with E-state index in [1.165, 1.54) is 38.5 Å². The van der Waals surface area contributed by atoms with Crippen LogP contribution < -0.4 is 0 Å². The molecule has 13 fully saturated rings. The molecule has 1 aliphatic heterocycles. The number of alkyl halides is 1. The zero-order chi connectivity index (χ0) is 31.8. The van der Waals surface area contributed by atoms with E-state index in [9.17, 15) is 18.8 Å². The number of esters is 3. The van der Waals surface area contributed by atoms with Crippen molar-refractivity contribution in [1.82, 2.24) is 0 Å². The zero-order valence-electron chi connectivity index (χ0n) is 27.6. The largest absolute Gasteiger partial charge is 0.462 e. The molecule has 0 aromatic carbocycles. The Hall–Kier alpha value is -1.74. The first-order valence-electron chi connectivity index (χ1n) is 19.1. The van der Waals surface area contributed by atoms with Crippen LogP contribution in [0, 0.1) is 64.1 Å². The molecule has 1 spiro atoms. The number of rotatable bonds is 8. The Morgan fingerprint density at radius 2 is 0.936 bits per heavy atom. The van der Waals surface area contributed by atoms with Crippen molar-refractivity contribution in [3.63, 3.8) is 0 Å². The summed E-state index contributed by atoms with van der Waals surface area (Å²) >= 11 is 0. The van der Waals surface area contributed by atoms with Gasteiger partial charge in [-0.1, -0.05) is 0 Å². The van der Waals surface area contributed by atoms with Crippen LogP contribution in [-0.2, 0) is 38.1 Å². The Morgan fingerprint density at radius 3 is 1.32 bits per heavy atom. The Morgan fingerprint density at radius 1 is 0.553 bits per heavy atom. The van der Waals surface area contributed by atoms with E-state index in [4.69, 9.17) is 23.7 Å². The van der Waals surface area contributed by atoms with E-state index >= 15 is 0 Å². The molecule has 9 heteroatoms. The van der Waals surface area contributed by atoms with Crippen LogP contribution in [0.1, 0.15) is 109 Å². The first-order valence-corrected chi connectivity index (χ1v) is 19.1. The number of halogens is 1. The van der Waals surface area contributed by atoms with Crippen LogP contribution in [0.3, 0.4) is 0 Å².